The zero-order valence-corrected chi connectivity index (χ0v) is 15.0. The molecule has 5 heteroatoms. The molecule has 1 saturated heterocycles. The van der Waals surface area contributed by atoms with Gasteiger partial charge in [-0.3, -0.25) is 9.59 Å². The normalized spacial score (nSPS) is 44.3. The van der Waals surface area contributed by atoms with Crippen LogP contribution in [0.2, 0.25) is 0 Å². The molecule has 0 radical (unpaired) electrons. The zero-order chi connectivity index (χ0) is 17.2. The Morgan fingerprint density at radius 3 is 2.43 bits per heavy atom. The van der Waals surface area contributed by atoms with Crippen molar-refractivity contribution >= 4 is 11.8 Å². The quantitative estimate of drug-likeness (QED) is 0.548. The molecule has 0 bridgehead atoms. The van der Waals surface area contributed by atoms with E-state index in [1.807, 2.05) is 13.8 Å². The van der Waals surface area contributed by atoms with Crippen LogP contribution in [0.15, 0.2) is 0 Å². The van der Waals surface area contributed by atoms with Crippen LogP contribution in [0, 0.1) is 22.7 Å². The van der Waals surface area contributed by atoms with Gasteiger partial charge in [-0.05, 0) is 43.4 Å². The third-order valence-corrected chi connectivity index (χ3v) is 6.35. The van der Waals surface area contributed by atoms with Crippen LogP contribution in [0.3, 0.4) is 0 Å². The van der Waals surface area contributed by atoms with Gasteiger partial charge in [-0.25, -0.2) is 0 Å². The van der Waals surface area contributed by atoms with Gasteiger partial charge in [0.15, 0.2) is 5.79 Å². The molecule has 0 amide bonds. The number of esters is 1. The number of rotatable bonds is 1. The van der Waals surface area contributed by atoms with Crippen LogP contribution < -0.4 is 0 Å². The number of carbonyl (C=O) groups is 2. The Labute approximate surface area is 138 Å². The van der Waals surface area contributed by atoms with Crippen molar-refractivity contribution in [3.8, 4) is 0 Å². The van der Waals surface area contributed by atoms with E-state index in [0.717, 1.165) is 6.42 Å². The topological polar surface area (TPSA) is 61.8 Å². The second-order valence-electron chi connectivity index (χ2n) is 8.64. The predicted octanol–water partition coefficient (Wildman–Crippen LogP) is 2.71. The van der Waals surface area contributed by atoms with Gasteiger partial charge in [0.05, 0.1) is 19.3 Å². The molecule has 5 atom stereocenters. The fraction of sp³-hybridized carbons (Fsp3) is 0.889. The van der Waals surface area contributed by atoms with Gasteiger partial charge >= 0.3 is 5.97 Å². The number of hydrogen-bond acceptors (Lipinski definition) is 5. The number of ketones is 1. The van der Waals surface area contributed by atoms with E-state index in [-0.39, 0.29) is 29.3 Å². The van der Waals surface area contributed by atoms with Crippen LogP contribution in [0.1, 0.15) is 53.9 Å². The third kappa shape index (κ3) is 2.35. The molecule has 0 aromatic carbocycles. The first kappa shape index (κ1) is 16.9. The molecule has 130 valence electrons. The van der Waals surface area contributed by atoms with Crippen molar-refractivity contribution in [2.75, 3.05) is 7.11 Å². The van der Waals surface area contributed by atoms with Crippen LogP contribution in [0.25, 0.3) is 0 Å². The molecule has 1 aliphatic heterocycles. The SMILES string of the molecule is COC(=O)C1C(=O)CCC2C(C)(C)C3OC(C)(C)OC3CC12C. The molecule has 3 rings (SSSR count). The molecule has 23 heavy (non-hydrogen) atoms. The van der Waals surface area contributed by atoms with Crippen LogP contribution in [-0.2, 0) is 23.8 Å². The number of ether oxygens (including phenoxy) is 3. The number of methoxy groups -OCH3 is 1. The van der Waals surface area contributed by atoms with E-state index in [1.165, 1.54) is 7.11 Å². The van der Waals surface area contributed by atoms with Gasteiger partial charge in [0, 0.05) is 6.42 Å². The molecule has 1 heterocycles. The molecule has 0 spiro atoms. The first-order valence-electron chi connectivity index (χ1n) is 8.49. The van der Waals surface area contributed by atoms with E-state index >= 15 is 0 Å². The van der Waals surface area contributed by atoms with E-state index < -0.39 is 23.1 Å². The third-order valence-electron chi connectivity index (χ3n) is 6.35. The fourth-order valence-electron chi connectivity index (χ4n) is 5.58. The Hall–Kier alpha value is -0.940. The first-order valence-corrected chi connectivity index (χ1v) is 8.49. The van der Waals surface area contributed by atoms with Crippen LogP contribution in [0.5, 0.6) is 0 Å². The first-order chi connectivity index (χ1) is 10.5. The maximum atomic E-state index is 12.5. The lowest BCUT2D eigenvalue weighted by Crippen LogP contribution is -2.62. The van der Waals surface area contributed by atoms with Gasteiger partial charge in [0.1, 0.15) is 11.7 Å². The van der Waals surface area contributed by atoms with Crippen LogP contribution >= 0.6 is 0 Å². The van der Waals surface area contributed by atoms with Crippen molar-refractivity contribution < 1.29 is 23.8 Å². The maximum Gasteiger partial charge on any atom is 0.316 e. The van der Waals surface area contributed by atoms with Gasteiger partial charge in [0.2, 0.25) is 0 Å². The van der Waals surface area contributed by atoms with E-state index in [4.69, 9.17) is 14.2 Å². The average Bonchev–Trinajstić information content (AvgIpc) is 2.72. The lowest BCUT2D eigenvalue weighted by Gasteiger charge is -2.58. The molecular formula is C18H28O5. The second kappa shape index (κ2) is 5.03. The van der Waals surface area contributed by atoms with Crippen molar-refractivity contribution in [2.45, 2.75) is 71.9 Å². The number of hydrogen-bond donors (Lipinski definition) is 0. The Kier molecular flexibility index (Phi) is 3.69. The second-order valence-corrected chi connectivity index (χ2v) is 8.64. The highest BCUT2D eigenvalue weighted by atomic mass is 16.8. The molecule has 0 aromatic rings. The zero-order valence-electron chi connectivity index (χ0n) is 15.0. The summed E-state index contributed by atoms with van der Waals surface area (Å²) in [6.45, 7) is 10.3. The molecule has 2 aliphatic carbocycles. The minimum atomic E-state index is -0.696. The number of fused-ring (bicyclic) bond motifs is 2. The van der Waals surface area contributed by atoms with Crippen molar-refractivity contribution in [2.24, 2.45) is 22.7 Å². The lowest BCUT2D eigenvalue weighted by atomic mass is 9.47. The summed E-state index contributed by atoms with van der Waals surface area (Å²) in [4.78, 5) is 24.9. The highest BCUT2D eigenvalue weighted by Crippen LogP contribution is 2.62. The summed E-state index contributed by atoms with van der Waals surface area (Å²) >= 11 is 0. The summed E-state index contributed by atoms with van der Waals surface area (Å²) in [5, 5.41) is 0. The van der Waals surface area contributed by atoms with Crippen molar-refractivity contribution in [3.05, 3.63) is 0 Å². The Morgan fingerprint density at radius 1 is 1.17 bits per heavy atom. The molecule has 3 fully saturated rings. The molecule has 5 nitrogen and oxygen atoms in total. The largest absolute Gasteiger partial charge is 0.468 e. The minimum Gasteiger partial charge on any atom is -0.468 e. The fourth-order valence-corrected chi connectivity index (χ4v) is 5.58. The van der Waals surface area contributed by atoms with Crippen LogP contribution in [0.4, 0.5) is 0 Å². The summed E-state index contributed by atoms with van der Waals surface area (Å²) in [5.41, 5.74) is -0.616. The molecule has 0 aromatic heterocycles. The minimum absolute atomic E-state index is 0.00280. The van der Waals surface area contributed by atoms with Gasteiger partial charge < -0.3 is 14.2 Å². The average molecular weight is 324 g/mol. The standard InChI is InChI=1S/C18H28O5/c1-16(2)12-8-7-10(19)13(15(20)21-6)18(12,5)9-11-14(16)23-17(3,4)22-11/h11-14H,7-9H2,1-6H3. The summed E-state index contributed by atoms with van der Waals surface area (Å²) in [6.07, 6.45) is 1.77. The Morgan fingerprint density at radius 2 is 1.83 bits per heavy atom. The monoisotopic (exact) mass is 324 g/mol. The summed E-state index contributed by atoms with van der Waals surface area (Å²) in [6, 6.07) is 0. The van der Waals surface area contributed by atoms with E-state index in [0.29, 0.717) is 12.8 Å². The molecule has 2 saturated carbocycles. The lowest BCUT2D eigenvalue weighted by molar-refractivity contribution is -0.182. The smallest absolute Gasteiger partial charge is 0.316 e. The van der Waals surface area contributed by atoms with Gasteiger partial charge in [-0.1, -0.05) is 20.8 Å². The highest BCUT2D eigenvalue weighted by Gasteiger charge is 2.66. The molecule has 5 unspecified atom stereocenters. The van der Waals surface area contributed by atoms with Gasteiger partial charge in [0.25, 0.3) is 0 Å². The molecule has 0 N–H and O–H groups in total. The number of Topliss-reactive ketones (excluding diaryl/α,β-unsaturated/α-hetero) is 1. The van der Waals surface area contributed by atoms with Gasteiger partial charge in [-0.15, -0.1) is 0 Å². The summed E-state index contributed by atoms with van der Waals surface area (Å²) < 4.78 is 17.3. The van der Waals surface area contributed by atoms with Crippen molar-refractivity contribution in [1.82, 2.24) is 0 Å². The molecule has 3 aliphatic rings. The Balaban J connectivity index is 2.04. The summed E-state index contributed by atoms with van der Waals surface area (Å²) in [5.74, 6) is -1.51. The Bertz CT molecular complexity index is 530. The molecular weight excluding hydrogens is 296 g/mol. The highest BCUT2D eigenvalue weighted by molar-refractivity contribution is 6.00. The van der Waals surface area contributed by atoms with E-state index in [1.54, 1.807) is 0 Å². The van der Waals surface area contributed by atoms with E-state index in [2.05, 4.69) is 20.8 Å². The maximum absolute atomic E-state index is 12.5. The van der Waals surface area contributed by atoms with Gasteiger partial charge in [-0.2, -0.15) is 0 Å². The van der Waals surface area contributed by atoms with Crippen LogP contribution in [-0.4, -0.2) is 36.9 Å². The summed E-state index contributed by atoms with van der Waals surface area (Å²) in [7, 11) is 1.36. The predicted molar refractivity (Wildman–Crippen MR) is 83.6 cm³/mol. The van der Waals surface area contributed by atoms with E-state index in [9.17, 15) is 9.59 Å². The van der Waals surface area contributed by atoms with Crippen molar-refractivity contribution in [3.63, 3.8) is 0 Å². The number of carbonyl (C=O) groups excluding carboxylic acids is 2. The van der Waals surface area contributed by atoms with Crippen molar-refractivity contribution in [1.29, 1.82) is 0 Å².